The summed E-state index contributed by atoms with van der Waals surface area (Å²) in [6, 6.07) is 0. The molecule has 0 fully saturated rings. The number of nitrogens with two attached hydrogens (primary N) is 1. The van der Waals surface area contributed by atoms with E-state index in [9.17, 15) is 4.79 Å². The number of rotatable bonds is 3. The van der Waals surface area contributed by atoms with Gasteiger partial charge in [-0.3, -0.25) is 0 Å². The van der Waals surface area contributed by atoms with Crippen molar-refractivity contribution < 1.29 is 9.53 Å². The van der Waals surface area contributed by atoms with Gasteiger partial charge in [0.2, 0.25) is 0 Å². The summed E-state index contributed by atoms with van der Waals surface area (Å²) in [5, 5.41) is 0.262. The lowest BCUT2D eigenvalue weighted by molar-refractivity contribution is 0.0522. The van der Waals surface area contributed by atoms with Crippen LogP contribution in [-0.2, 0) is 11.2 Å². The van der Waals surface area contributed by atoms with Crippen molar-refractivity contribution in [3.63, 3.8) is 0 Å². The Hall–Kier alpha value is -1.30. The van der Waals surface area contributed by atoms with Gasteiger partial charge in [-0.05, 0) is 6.92 Å². The summed E-state index contributed by atoms with van der Waals surface area (Å²) < 4.78 is 4.82. The summed E-state index contributed by atoms with van der Waals surface area (Å²) in [5.41, 5.74) is 5.76. The van der Waals surface area contributed by atoms with Crippen LogP contribution in [0.25, 0.3) is 0 Å². The molecule has 2 N–H and O–H groups in total. The predicted octanol–water partition coefficient (Wildman–Crippen LogP) is 1.09. The lowest BCUT2D eigenvalue weighted by Crippen LogP contribution is -2.13. The first-order valence-electron chi connectivity index (χ1n) is 4.62. The zero-order valence-corrected chi connectivity index (χ0v) is 9.54. The Bertz CT molecular complexity index is 359. The van der Waals surface area contributed by atoms with Gasteiger partial charge in [-0.25, -0.2) is 14.8 Å². The number of ether oxygens (including phenoxy) is 1. The Morgan fingerprint density at radius 3 is 2.60 bits per heavy atom. The molecule has 0 saturated heterocycles. The first kappa shape index (κ1) is 11.8. The molecule has 0 aliphatic heterocycles. The van der Waals surface area contributed by atoms with E-state index in [0.29, 0.717) is 12.2 Å². The number of nitrogen functional groups attached to an aromatic ring is 1. The van der Waals surface area contributed by atoms with E-state index >= 15 is 0 Å². The number of carbonyl (C=O) groups excluding carboxylic acids is 1. The Kier molecular flexibility index (Phi) is 3.90. The molecular formula is C9H13N3O2S. The lowest BCUT2D eigenvalue weighted by atomic mass is 10.3. The molecule has 0 amide bonds. The van der Waals surface area contributed by atoms with E-state index in [1.54, 1.807) is 6.92 Å². The van der Waals surface area contributed by atoms with Gasteiger partial charge < -0.3 is 10.5 Å². The van der Waals surface area contributed by atoms with Crippen LogP contribution in [0.5, 0.6) is 0 Å². The highest BCUT2D eigenvalue weighted by molar-refractivity contribution is 7.80. The second kappa shape index (κ2) is 4.97. The minimum atomic E-state index is -0.539. The third kappa shape index (κ3) is 2.59. The molecule has 5 nitrogen and oxygen atoms in total. The van der Waals surface area contributed by atoms with Gasteiger partial charge in [0.1, 0.15) is 22.2 Å². The molecule has 1 heterocycles. The maximum absolute atomic E-state index is 11.5. The molecule has 0 spiro atoms. The van der Waals surface area contributed by atoms with Crippen molar-refractivity contribution in [2.75, 3.05) is 12.3 Å². The average molecular weight is 227 g/mol. The van der Waals surface area contributed by atoms with E-state index < -0.39 is 5.97 Å². The van der Waals surface area contributed by atoms with E-state index in [1.807, 2.05) is 6.92 Å². The number of thiol groups is 1. The van der Waals surface area contributed by atoms with Crippen LogP contribution in [0.4, 0.5) is 5.82 Å². The lowest BCUT2D eigenvalue weighted by Gasteiger charge is -2.07. The van der Waals surface area contributed by atoms with E-state index in [1.165, 1.54) is 0 Å². The molecule has 1 aromatic heterocycles. The van der Waals surface area contributed by atoms with Gasteiger partial charge in [0.25, 0.3) is 0 Å². The Morgan fingerprint density at radius 1 is 1.47 bits per heavy atom. The second-order valence-corrected chi connectivity index (χ2v) is 3.22. The smallest absolute Gasteiger partial charge is 0.344 e. The largest absolute Gasteiger partial charge is 0.462 e. The molecule has 6 heteroatoms. The van der Waals surface area contributed by atoms with Crippen molar-refractivity contribution in [1.82, 2.24) is 9.97 Å². The molecule has 0 radical (unpaired) electrons. The van der Waals surface area contributed by atoms with Crippen molar-refractivity contribution in [2.24, 2.45) is 0 Å². The van der Waals surface area contributed by atoms with E-state index in [0.717, 1.165) is 0 Å². The number of esters is 1. The highest BCUT2D eigenvalue weighted by Crippen LogP contribution is 2.18. The molecule has 0 atom stereocenters. The SMILES string of the molecule is CCOC(=O)c1c(N)nc(CC)nc1S. The number of anilines is 1. The van der Waals surface area contributed by atoms with Crippen LogP contribution in [0.2, 0.25) is 0 Å². The van der Waals surface area contributed by atoms with Gasteiger partial charge in [0.05, 0.1) is 6.61 Å². The third-order valence-electron chi connectivity index (χ3n) is 1.76. The predicted molar refractivity (Wildman–Crippen MR) is 59.0 cm³/mol. The molecule has 0 aromatic carbocycles. The molecule has 0 aliphatic carbocycles. The van der Waals surface area contributed by atoms with Crippen LogP contribution in [0.1, 0.15) is 30.0 Å². The normalized spacial score (nSPS) is 10.1. The fraction of sp³-hybridized carbons (Fsp3) is 0.444. The molecular weight excluding hydrogens is 214 g/mol. The number of hydrogen-bond acceptors (Lipinski definition) is 6. The van der Waals surface area contributed by atoms with Crippen LogP contribution in [0.15, 0.2) is 5.03 Å². The highest BCUT2D eigenvalue weighted by atomic mass is 32.1. The number of carbonyl (C=O) groups is 1. The highest BCUT2D eigenvalue weighted by Gasteiger charge is 2.17. The zero-order chi connectivity index (χ0) is 11.4. The number of hydrogen-bond donors (Lipinski definition) is 2. The van der Waals surface area contributed by atoms with Crippen LogP contribution in [0.3, 0.4) is 0 Å². The Balaban J connectivity index is 3.13. The molecule has 82 valence electrons. The molecule has 0 saturated carbocycles. The fourth-order valence-electron chi connectivity index (χ4n) is 1.07. The summed E-state index contributed by atoms with van der Waals surface area (Å²) >= 11 is 4.09. The van der Waals surface area contributed by atoms with E-state index in [2.05, 4.69) is 22.6 Å². The second-order valence-electron chi connectivity index (χ2n) is 2.80. The van der Waals surface area contributed by atoms with E-state index in [4.69, 9.17) is 10.5 Å². The number of aryl methyl sites for hydroxylation is 1. The molecule has 0 aliphatic rings. The summed E-state index contributed by atoms with van der Waals surface area (Å²) in [6.45, 7) is 3.89. The standard InChI is InChI=1S/C9H13N3O2S/c1-3-5-11-7(10)6(8(15)12-5)9(13)14-4-2/h3-4H2,1-2H3,(H3,10,11,12,15). The summed E-state index contributed by atoms with van der Waals surface area (Å²) in [6.07, 6.45) is 0.640. The summed E-state index contributed by atoms with van der Waals surface area (Å²) in [5.74, 6) is 0.138. The molecule has 1 rings (SSSR count). The van der Waals surface area contributed by atoms with Gasteiger partial charge in [0, 0.05) is 6.42 Å². The van der Waals surface area contributed by atoms with Crippen LogP contribution < -0.4 is 5.73 Å². The van der Waals surface area contributed by atoms with Crippen molar-refractivity contribution in [3.05, 3.63) is 11.4 Å². The van der Waals surface area contributed by atoms with Crippen molar-refractivity contribution >= 4 is 24.4 Å². The van der Waals surface area contributed by atoms with Crippen molar-refractivity contribution in [2.45, 2.75) is 25.3 Å². The first-order chi connectivity index (χ1) is 7.10. The third-order valence-corrected chi connectivity index (χ3v) is 2.08. The topological polar surface area (TPSA) is 78.1 Å². The summed E-state index contributed by atoms with van der Waals surface area (Å²) in [4.78, 5) is 19.5. The minimum absolute atomic E-state index is 0.116. The Labute approximate surface area is 93.5 Å². The van der Waals surface area contributed by atoms with Crippen molar-refractivity contribution in [3.8, 4) is 0 Å². The molecule has 0 unspecified atom stereocenters. The average Bonchev–Trinajstić information content (AvgIpc) is 2.16. The van der Waals surface area contributed by atoms with Crippen LogP contribution in [-0.4, -0.2) is 22.5 Å². The zero-order valence-electron chi connectivity index (χ0n) is 8.65. The number of aromatic nitrogens is 2. The minimum Gasteiger partial charge on any atom is -0.462 e. The van der Waals surface area contributed by atoms with E-state index in [-0.39, 0.29) is 23.0 Å². The molecule has 1 aromatic rings. The van der Waals surface area contributed by atoms with Crippen molar-refractivity contribution in [1.29, 1.82) is 0 Å². The van der Waals surface area contributed by atoms with Crippen LogP contribution >= 0.6 is 12.6 Å². The first-order valence-corrected chi connectivity index (χ1v) is 5.07. The monoisotopic (exact) mass is 227 g/mol. The van der Waals surface area contributed by atoms with Gasteiger partial charge in [-0.15, -0.1) is 12.6 Å². The Morgan fingerprint density at radius 2 is 2.13 bits per heavy atom. The summed E-state index contributed by atoms with van der Waals surface area (Å²) in [7, 11) is 0. The van der Waals surface area contributed by atoms with Crippen LogP contribution in [0, 0.1) is 0 Å². The molecule has 0 bridgehead atoms. The quantitative estimate of drug-likeness (QED) is 0.459. The number of nitrogens with zero attached hydrogens (tertiary/aromatic N) is 2. The van der Waals surface area contributed by atoms with Gasteiger partial charge in [-0.1, -0.05) is 6.92 Å². The maximum atomic E-state index is 11.5. The van der Waals surface area contributed by atoms with Gasteiger partial charge in [0.15, 0.2) is 0 Å². The van der Waals surface area contributed by atoms with Gasteiger partial charge in [-0.2, -0.15) is 0 Å². The fourth-order valence-corrected chi connectivity index (χ4v) is 1.39. The maximum Gasteiger partial charge on any atom is 0.344 e. The van der Waals surface area contributed by atoms with Gasteiger partial charge >= 0.3 is 5.97 Å². The molecule has 15 heavy (non-hydrogen) atoms.